The zero-order valence-electron chi connectivity index (χ0n) is 7.98. The van der Waals surface area contributed by atoms with E-state index in [1.165, 1.54) is 0 Å². The molecule has 1 N–H and O–H groups in total. The normalized spacial score (nSPS) is 11.1. The van der Waals surface area contributed by atoms with Crippen molar-refractivity contribution < 1.29 is 0 Å². The highest BCUT2D eigenvalue weighted by molar-refractivity contribution is 6.33. The number of rotatable bonds is 1. The molecule has 0 atom stereocenters. The van der Waals surface area contributed by atoms with E-state index in [9.17, 15) is 0 Å². The summed E-state index contributed by atoms with van der Waals surface area (Å²) < 4.78 is 1.72. The zero-order chi connectivity index (χ0) is 11.1. The van der Waals surface area contributed by atoms with Gasteiger partial charge in [-0.05, 0) is 12.1 Å². The Morgan fingerprint density at radius 2 is 2.06 bits per heavy atom. The first-order valence-corrected chi connectivity index (χ1v) is 5.35. The minimum Gasteiger partial charge on any atom is -0.296 e. The van der Waals surface area contributed by atoms with Crippen molar-refractivity contribution in [3.8, 4) is 11.4 Å². The largest absolute Gasteiger partial charge is 0.296 e. The lowest BCUT2D eigenvalue weighted by Crippen LogP contribution is -1.89. The maximum Gasteiger partial charge on any atom is 0.196 e. The van der Waals surface area contributed by atoms with E-state index in [4.69, 9.17) is 23.2 Å². The highest BCUT2D eigenvalue weighted by atomic mass is 35.5. The average Bonchev–Trinajstić information content (AvgIpc) is 2.82. The molecule has 3 aromatic rings. The number of H-pyrrole nitrogens is 1. The molecular formula is C10H6Cl2N4. The monoisotopic (exact) mass is 252 g/mol. The van der Waals surface area contributed by atoms with Crippen LogP contribution in [0.5, 0.6) is 0 Å². The molecule has 2 heterocycles. The number of hydrogen-bond acceptors (Lipinski definition) is 2. The second-order valence-electron chi connectivity index (χ2n) is 3.31. The van der Waals surface area contributed by atoms with Crippen molar-refractivity contribution >= 4 is 28.8 Å². The molecule has 0 radical (unpaired) electrons. The second kappa shape index (κ2) is 3.50. The fourth-order valence-electron chi connectivity index (χ4n) is 1.56. The fourth-order valence-corrected chi connectivity index (χ4v) is 1.92. The van der Waals surface area contributed by atoms with Gasteiger partial charge in [-0.1, -0.05) is 35.3 Å². The maximum absolute atomic E-state index is 5.92. The number of benzene rings is 1. The summed E-state index contributed by atoms with van der Waals surface area (Å²) in [6, 6.07) is 7.41. The van der Waals surface area contributed by atoms with Crippen LogP contribution in [0.25, 0.3) is 17.0 Å². The Labute approximate surface area is 101 Å². The summed E-state index contributed by atoms with van der Waals surface area (Å²) in [5, 5.41) is 12.2. The van der Waals surface area contributed by atoms with Gasteiger partial charge in [-0.15, -0.1) is 10.2 Å². The molecule has 0 aliphatic carbocycles. The van der Waals surface area contributed by atoms with E-state index in [-0.39, 0.29) is 0 Å². The third-order valence-corrected chi connectivity index (χ3v) is 2.79. The van der Waals surface area contributed by atoms with Crippen molar-refractivity contribution in [2.24, 2.45) is 0 Å². The topological polar surface area (TPSA) is 46.0 Å². The summed E-state index contributed by atoms with van der Waals surface area (Å²) in [5.41, 5.74) is 1.50. The molecule has 0 unspecified atom stereocenters. The van der Waals surface area contributed by atoms with Crippen molar-refractivity contribution in [2.45, 2.75) is 0 Å². The van der Waals surface area contributed by atoms with E-state index in [0.717, 1.165) is 5.56 Å². The second-order valence-corrected chi connectivity index (χ2v) is 4.16. The molecule has 16 heavy (non-hydrogen) atoms. The number of fused-ring (bicyclic) bond motifs is 1. The van der Waals surface area contributed by atoms with Crippen LogP contribution in [0, 0.1) is 0 Å². The highest BCUT2D eigenvalue weighted by Crippen LogP contribution is 2.23. The van der Waals surface area contributed by atoms with Crippen LogP contribution in [0.1, 0.15) is 0 Å². The summed E-state index contributed by atoms with van der Waals surface area (Å²) >= 11 is 11.8. The Bertz CT molecular complexity index is 656. The lowest BCUT2D eigenvalue weighted by Gasteiger charge is -1.97. The number of nitrogens with one attached hydrogen (secondary N) is 1. The standard InChI is InChI=1S/C10H6Cl2N4/c11-7-3-1-2-6(4-7)9-14-15-10-8(12)5-13-16(9)10/h1-5,13H. The Kier molecular flexibility index (Phi) is 2.12. The molecule has 0 bridgehead atoms. The number of halogens is 2. The van der Waals surface area contributed by atoms with Gasteiger partial charge in [0.25, 0.3) is 0 Å². The Hall–Kier alpha value is -1.52. The van der Waals surface area contributed by atoms with Crippen LogP contribution in [-0.4, -0.2) is 19.8 Å². The van der Waals surface area contributed by atoms with Crippen LogP contribution < -0.4 is 0 Å². The van der Waals surface area contributed by atoms with Gasteiger partial charge in [-0.3, -0.25) is 5.10 Å². The van der Waals surface area contributed by atoms with Gasteiger partial charge in [0.05, 0.1) is 0 Å². The minimum absolute atomic E-state index is 0.542. The number of aromatic amines is 1. The molecule has 0 saturated heterocycles. The molecule has 4 nitrogen and oxygen atoms in total. The Morgan fingerprint density at radius 3 is 2.88 bits per heavy atom. The van der Waals surface area contributed by atoms with Gasteiger partial charge in [0.1, 0.15) is 5.02 Å². The zero-order valence-corrected chi connectivity index (χ0v) is 9.50. The molecule has 80 valence electrons. The van der Waals surface area contributed by atoms with Gasteiger partial charge in [0.2, 0.25) is 0 Å². The Morgan fingerprint density at radius 1 is 1.19 bits per heavy atom. The van der Waals surface area contributed by atoms with Gasteiger partial charge in [-0.2, -0.15) is 0 Å². The molecule has 0 saturated carbocycles. The van der Waals surface area contributed by atoms with Crippen LogP contribution in [-0.2, 0) is 0 Å². The SMILES string of the molecule is Clc1cccc(-c2nnc3c(Cl)c[nH]n23)c1. The summed E-state index contributed by atoms with van der Waals surface area (Å²) in [7, 11) is 0. The van der Waals surface area contributed by atoms with Crippen LogP contribution in [0.15, 0.2) is 30.5 Å². The third-order valence-electron chi connectivity index (χ3n) is 2.28. The average molecular weight is 253 g/mol. The molecule has 2 aromatic heterocycles. The summed E-state index contributed by atoms with van der Waals surface area (Å²) in [5.74, 6) is 0.685. The quantitative estimate of drug-likeness (QED) is 0.724. The lowest BCUT2D eigenvalue weighted by atomic mass is 10.2. The van der Waals surface area contributed by atoms with E-state index >= 15 is 0 Å². The first-order chi connectivity index (χ1) is 7.75. The molecule has 0 aliphatic rings. The highest BCUT2D eigenvalue weighted by Gasteiger charge is 2.11. The maximum atomic E-state index is 5.92. The van der Waals surface area contributed by atoms with E-state index in [1.807, 2.05) is 24.3 Å². The van der Waals surface area contributed by atoms with E-state index in [2.05, 4.69) is 15.3 Å². The van der Waals surface area contributed by atoms with Crippen LogP contribution >= 0.6 is 23.2 Å². The van der Waals surface area contributed by atoms with Gasteiger partial charge < -0.3 is 0 Å². The third kappa shape index (κ3) is 1.38. The lowest BCUT2D eigenvalue weighted by molar-refractivity contribution is 0.966. The van der Waals surface area contributed by atoms with Crippen molar-refractivity contribution in [3.63, 3.8) is 0 Å². The number of aromatic nitrogens is 4. The summed E-state index contributed by atoms with van der Waals surface area (Å²) in [4.78, 5) is 0. The predicted molar refractivity (Wildman–Crippen MR) is 62.8 cm³/mol. The number of nitrogens with zero attached hydrogens (tertiary/aromatic N) is 3. The smallest absolute Gasteiger partial charge is 0.196 e. The first kappa shape index (κ1) is 9.69. The van der Waals surface area contributed by atoms with Gasteiger partial charge in [-0.25, -0.2) is 4.52 Å². The van der Waals surface area contributed by atoms with E-state index in [1.54, 1.807) is 10.7 Å². The van der Waals surface area contributed by atoms with Gasteiger partial charge >= 0.3 is 0 Å². The predicted octanol–water partition coefficient (Wildman–Crippen LogP) is 3.03. The summed E-state index contributed by atoms with van der Waals surface area (Å²) in [6.45, 7) is 0. The summed E-state index contributed by atoms with van der Waals surface area (Å²) in [6.07, 6.45) is 1.67. The number of hydrogen-bond donors (Lipinski definition) is 1. The Balaban J connectivity index is 2.26. The molecule has 0 aliphatic heterocycles. The molecular weight excluding hydrogens is 247 g/mol. The van der Waals surface area contributed by atoms with Crippen molar-refractivity contribution in [3.05, 3.63) is 40.5 Å². The van der Waals surface area contributed by atoms with Crippen LogP contribution in [0.4, 0.5) is 0 Å². The molecule has 0 spiro atoms. The van der Waals surface area contributed by atoms with E-state index in [0.29, 0.717) is 21.5 Å². The van der Waals surface area contributed by atoms with Gasteiger partial charge in [0.15, 0.2) is 11.5 Å². The van der Waals surface area contributed by atoms with Crippen LogP contribution in [0.2, 0.25) is 10.0 Å². The fraction of sp³-hybridized carbons (Fsp3) is 0. The van der Waals surface area contributed by atoms with E-state index < -0.39 is 0 Å². The van der Waals surface area contributed by atoms with Gasteiger partial charge in [0, 0.05) is 16.8 Å². The molecule has 1 aromatic carbocycles. The molecule has 6 heteroatoms. The van der Waals surface area contributed by atoms with Crippen LogP contribution in [0.3, 0.4) is 0 Å². The molecule has 3 rings (SSSR count). The first-order valence-electron chi connectivity index (χ1n) is 4.59. The van der Waals surface area contributed by atoms with Crippen molar-refractivity contribution in [2.75, 3.05) is 0 Å². The van der Waals surface area contributed by atoms with Crippen molar-refractivity contribution in [1.82, 2.24) is 19.8 Å². The molecule has 0 fully saturated rings. The molecule has 0 amide bonds. The minimum atomic E-state index is 0.542. The van der Waals surface area contributed by atoms with Crippen molar-refractivity contribution in [1.29, 1.82) is 0 Å².